The first-order valence-corrected chi connectivity index (χ1v) is 5.92. The number of hydrogen-bond acceptors (Lipinski definition) is 3. The van der Waals surface area contributed by atoms with Crippen LogP contribution in [-0.2, 0) is 9.59 Å². The fourth-order valence-corrected chi connectivity index (χ4v) is 2.67. The van der Waals surface area contributed by atoms with Gasteiger partial charge in [0.2, 0.25) is 5.91 Å². The lowest BCUT2D eigenvalue weighted by atomic mass is 9.94. The van der Waals surface area contributed by atoms with E-state index in [1.807, 2.05) is 4.90 Å². The Labute approximate surface area is 94.8 Å². The van der Waals surface area contributed by atoms with E-state index in [1.54, 1.807) is 0 Å². The number of piperazine rings is 1. The molecule has 2 unspecified atom stereocenters. The number of carbonyl (C=O) groups excluding carboxylic acids is 1. The van der Waals surface area contributed by atoms with Crippen LogP contribution in [0.2, 0.25) is 0 Å². The van der Waals surface area contributed by atoms with Gasteiger partial charge in [-0.2, -0.15) is 0 Å². The Hall–Kier alpha value is -1.10. The number of aliphatic carboxylic acids is 1. The standard InChI is InChI=1S/C11H18N2O3/c14-10(13-6-4-12-5-7-13)8-2-1-3-9(8)11(15)16/h8-9,12H,1-7H2,(H,15,16). The van der Waals surface area contributed by atoms with Gasteiger partial charge in [-0.3, -0.25) is 9.59 Å². The summed E-state index contributed by atoms with van der Waals surface area (Å²) in [4.78, 5) is 25.0. The molecule has 5 heteroatoms. The lowest BCUT2D eigenvalue weighted by Crippen LogP contribution is -2.49. The second-order valence-electron chi connectivity index (χ2n) is 4.56. The van der Waals surface area contributed by atoms with Crippen molar-refractivity contribution < 1.29 is 14.7 Å². The zero-order valence-electron chi connectivity index (χ0n) is 9.32. The van der Waals surface area contributed by atoms with E-state index in [0.29, 0.717) is 19.5 Å². The highest BCUT2D eigenvalue weighted by Crippen LogP contribution is 2.33. The van der Waals surface area contributed by atoms with Crippen molar-refractivity contribution >= 4 is 11.9 Å². The van der Waals surface area contributed by atoms with Crippen LogP contribution in [0, 0.1) is 11.8 Å². The van der Waals surface area contributed by atoms with Crippen LogP contribution in [0.3, 0.4) is 0 Å². The number of nitrogens with one attached hydrogen (secondary N) is 1. The molecule has 16 heavy (non-hydrogen) atoms. The highest BCUT2D eigenvalue weighted by molar-refractivity contribution is 5.85. The van der Waals surface area contributed by atoms with E-state index in [4.69, 9.17) is 5.11 Å². The molecule has 1 amide bonds. The van der Waals surface area contributed by atoms with E-state index in [-0.39, 0.29) is 11.8 Å². The average molecular weight is 226 g/mol. The molecule has 90 valence electrons. The SMILES string of the molecule is O=C(O)C1CCCC1C(=O)N1CCNCC1. The molecule has 1 saturated carbocycles. The molecule has 5 nitrogen and oxygen atoms in total. The van der Waals surface area contributed by atoms with Gasteiger partial charge in [-0.1, -0.05) is 6.42 Å². The summed E-state index contributed by atoms with van der Waals surface area (Å²) in [5.74, 6) is -1.50. The minimum absolute atomic E-state index is 0.0476. The van der Waals surface area contributed by atoms with E-state index in [1.165, 1.54) is 0 Å². The molecule has 2 rings (SSSR count). The lowest BCUT2D eigenvalue weighted by Gasteiger charge is -2.30. The maximum atomic E-state index is 12.2. The van der Waals surface area contributed by atoms with Crippen molar-refractivity contribution in [3.63, 3.8) is 0 Å². The number of hydrogen-bond donors (Lipinski definition) is 2. The molecule has 1 saturated heterocycles. The van der Waals surface area contributed by atoms with Crippen molar-refractivity contribution in [2.24, 2.45) is 11.8 Å². The molecule has 1 aliphatic heterocycles. The third-order valence-corrected chi connectivity index (χ3v) is 3.58. The molecule has 0 bridgehead atoms. The first kappa shape index (κ1) is 11.4. The van der Waals surface area contributed by atoms with E-state index in [2.05, 4.69) is 5.32 Å². The molecule has 1 heterocycles. The predicted octanol–water partition coefficient (Wildman–Crippen LogP) is -0.0809. The molecule has 2 N–H and O–H groups in total. The number of carboxylic acids is 1. The van der Waals surface area contributed by atoms with Gasteiger partial charge in [0, 0.05) is 26.2 Å². The minimum Gasteiger partial charge on any atom is -0.481 e. The summed E-state index contributed by atoms with van der Waals surface area (Å²) in [7, 11) is 0. The molecule has 0 aromatic carbocycles. The quantitative estimate of drug-likeness (QED) is 0.691. The van der Waals surface area contributed by atoms with Crippen molar-refractivity contribution in [3.8, 4) is 0 Å². The molecule has 1 aliphatic carbocycles. The van der Waals surface area contributed by atoms with Gasteiger partial charge in [0.05, 0.1) is 11.8 Å². The van der Waals surface area contributed by atoms with Gasteiger partial charge in [0.15, 0.2) is 0 Å². The van der Waals surface area contributed by atoms with E-state index in [0.717, 1.165) is 25.9 Å². The summed E-state index contributed by atoms with van der Waals surface area (Å²) in [6.45, 7) is 3.05. The second-order valence-corrected chi connectivity index (χ2v) is 4.56. The van der Waals surface area contributed by atoms with Crippen LogP contribution in [0.4, 0.5) is 0 Å². The molecule has 0 aromatic rings. The van der Waals surface area contributed by atoms with Crippen LogP contribution >= 0.6 is 0 Å². The smallest absolute Gasteiger partial charge is 0.307 e. The second kappa shape index (κ2) is 4.82. The first-order chi connectivity index (χ1) is 7.70. The van der Waals surface area contributed by atoms with Gasteiger partial charge in [-0.15, -0.1) is 0 Å². The van der Waals surface area contributed by atoms with Crippen molar-refractivity contribution in [1.82, 2.24) is 10.2 Å². The maximum absolute atomic E-state index is 12.2. The van der Waals surface area contributed by atoms with E-state index < -0.39 is 11.9 Å². The molecular weight excluding hydrogens is 208 g/mol. The summed E-state index contributed by atoms with van der Waals surface area (Å²) in [5, 5.41) is 12.2. The summed E-state index contributed by atoms with van der Waals surface area (Å²) in [5.41, 5.74) is 0. The Kier molecular flexibility index (Phi) is 3.43. The van der Waals surface area contributed by atoms with E-state index >= 15 is 0 Å². The number of rotatable bonds is 2. The van der Waals surface area contributed by atoms with E-state index in [9.17, 15) is 9.59 Å². The van der Waals surface area contributed by atoms with Crippen LogP contribution in [0.5, 0.6) is 0 Å². The Morgan fingerprint density at radius 2 is 1.75 bits per heavy atom. The number of nitrogens with zero attached hydrogens (tertiary/aromatic N) is 1. The average Bonchev–Trinajstić information content (AvgIpc) is 2.78. The number of amides is 1. The van der Waals surface area contributed by atoms with Crippen LogP contribution in [0.15, 0.2) is 0 Å². The fraction of sp³-hybridized carbons (Fsp3) is 0.818. The predicted molar refractivity (Wildman–Crippen MR) is 57.9 cm³/mol. The highest BCUT2D eigenvalue weighted by atomic mass is 16.4. The van der Waals surface area contributed by atoms with Gasteiger partial charge < -0.3 is 15.3 Å². The van der Waals surface area contributed by atoms with Crippen molar-refractivity contribution in [3.05, 3.63) is 0 Å². The summed E-state index contributed by atoms with van der Waals surface area (Å²) < 4.78 is 0. The topological polar surface area (TPSA) is 69.6 Å². The zero-order chi connectivity index (χ0) is 11.5. The minimum atomic E-state index is -0.814. The first-order valence-electron chi connectivity index (χ1n) is 5.92. The molecular formula is C11H18N2O3. The Balaban J connectivity index is 1.99. The van der Waals surface area contributed by atoms with Gasteiger partial charge in [0.1, 0.15) is 0 Å². The maximum Gasteiger partial charge on any atom is 0.307 e. The molecule has 2 atom stereocenters. The fourth-order valence-electron chi connectivity index (χ4n) is 2.67. The van der Waals surface area contributed by atoms with Crippen LogP contribution in [-0.4, -0.2) is 48.1 Å². The normalized spacial score (nSPS) is 30.4. The molecule has 2 fully saturated rings. The van der Waals surface area contributed by atoms with Gasteiger partial charge in [0.25, 0.3) is 0 Å². The van der Waals surface area contributed by atoms with Gasteiger partial charge in [-0.05, 0) is 12.8 Å². The lowest BCUT2D eigenvalue weighted by molar-refractivity contribution is -0.149. The Bertz CT molecular complexity index is 287. The van der Waals surface area contributed by atoms with Crippen LogP contribution in [0.1, 0.15) is 19.3 Å². The van der Waals surface area contributed by atoms with Crippen LogP contribution < -0.4 is 5.32 Å². The number of carboxylic acid groups (broad SMARTS) is 1. The summed E-state index contributed by atoms with van der Waals surface area (Å²) in [6.07, 6.45) is 2.25. The van der Waals surface area contributed by atoms with Crippen LogP contribution in [0.25, 0.3) is 0 Å². The molecule has 2 aliphatic rings. The van der Waals surface area contributed by atoms with Crippen molar-refractivity contribution in [2.75, 3.05) is 26.2 Å². The molecule has 0 spiro atoms. The van der Waals surface area contributed by atoms with Crippen molar-refractivity contribution in [2.45, 2.75) is 19.3 Å². The van der Waals surface area contributed by atoms with Crippen molar-refractivity contribution in [1.29, 1.82) is 0 Å². The molecule has 0 aromatic heterocycles. The van der Waals surface area contributed by atoms with Gasteiger partial charge in [-0.25, -0.2) is 0 Å². The Morgan fingerprint density at radius 1 is 1.12 bits per heavy atom. The third-order valence-electron chi connectivity index (χ3n) is 3.58. The Morgan fingerprint density at radius 3 is 2.38 bits per heavy atom. The molecule has 0 radical (unpaired) electrons. The number of carbonyl (C=O) groups is 2. The largest absolute Gasteiger partial charge is 0.481 e. The zero-order valence-corrected chi connectivity index (χ0v) is 9.32. The van der Waals surface area contributed by atoms with Gasteiger partial charge >= 0.3 is 5.97 Å². The highest BCUT2D eigenvalue weighted by Gasteiger charge is 2.39. The monoisotopic (exact) mass is 226 g/mol. The third kappa shape index (κ3) is 2.19. The summed E-state index contributed by atoms with van der Waals surface area (Å²) in [6, 6.07) is 0. The summed E-state index contributed by atoms with van der Waals surface area (Å²) >= 11 is 0.